The van der Waals surface area contributed by atoms with Crippen LogP contribution in [0, 0.1) is 11.6 Å². The Labute approximate surface area is 103 Å². The highest BCUT2D eigenvalue weighted by molar-refractivity contribution is 5.98. The number of ketones is 1. The van der Waals surface area contributed by atoms with Crippen molar-refractivity contribution in [2.45, 2.75) is 6.42 Å². The van der Waals surface area contributed by atoms with Crippen LogP contribution in [0.3, 0.4) is 0 Å². The van der Waals surface area contributed by atoms with E-state index in [9.17, 15) is 13.6 Å². The van der Waals surface area contributed by atoms with Gasteiger partial charge in [-0.1, -0.05) is 12.1 Å². The van der Waals surface area contributed by atoms with Crippen molar-refractivity contribution >= 4 is 11.5 Å². The van der Waals surface area contributed by atoms with E-state index in [0.29, 0.717) is 11.3 Å². The number of halogens is 2. The molecule has 92 valence electrons. The Morgan fingerprint density at radius 1 is 1.06 bits per heavy atom. The Morgan fingerprint density at radius 2 is 1.72 bits per heavy atom. The van der Waals surface area contributed by atoms with E-state index in [2.05, 4.69) is 0 Å². The van der Waals surface area contributed by atoms with E-state index in [1.165, 1.54) is 36.4 Å². The van der Waals surface area contributed by atoms with Crippen LogP contribution in [0.15, 0.2) is 42.5 Å². The molecular formula is C14H11F2NO. The Balaban J connectivity index is 2.21. The molecule has 2 N–H and O–H groups in total. The summed E-state index contributed by atoms with van der Waals surface area (Å²) >= 11 is 0. The van der Waals surface area contributed by atoms with Gasteiger partial charge in [-0.05, 0) is 35.9 Å². The van der Waals surface area contributed by atoms with Crippen LogP contribution in [0.5, 0.6) is 0 Å². The number of Topliss-reactive ketones (excluding diaryl/α,β-unsaturated/α-hetero) is 1. The van der Waals surface area contributed by atoms with E-state index >= 15 is 0 Å². The van der Waals surface area contributed by atoms with Gasteiger partial charge in [-0.2, -0.15) is 0 Å². The van der Waals surface area contributed by atoms with Crippen molar-refractivity contribution in [3.63, 3.8) is 0 Å². The minimum atomic E-state index is -0.601. The molecule has 0 atom stereocenters. The van der Waals surface area contributed by atoms with Gasteiger partial charge in [-0.25, -0.2) is 8.78 Å². The first kappa shape index (κ1) is 12.2. The molecular weight excluding hydrogens is 236 g/mol. The second-order valence-electron chi connectivity index (χ2n) is 3.97. The molecule has 2 aromatic rings. The van der Waals surface area contributed by atoms with Gasteiger partial charge in [0.15, 0.2) is 5.78 Å². The molecule has 2 aromatic carbocycles. The van der Waals surface area contributed by atoms with Crippen molar-refractivity contribution in [1.29, 1.82) is 0 Å². The molecule has 0 aliphatic rings. The normalized spacial score (nSPS) is 10.3. The molecule has 4 heteroatoms. The lowest BCUT2D eigenvalue weighted by Gasteiger charge is -2.04. The van der Waals surface area contributed by atoms with Gasteiger partial charge >= 0.3 is 0 Å². The van der Waals surface area contributed by atoms with Crippen LogP contribution in [-0.4, -0.2) is 5.78 Å². The molecule has 0 saturated carbocycles. The number of anilines is 1. The van der Waals surface area contributed by atoms with E-state index in [-0.39, 0.29) is 23.6 Å². The summed E-state index contributed by atoms with van der Waals surface area (Å²) in [5.74, 6) is -1.36. The van der Waals surface area contributed by atoms with Crippen LogP contribution in [0.25, 0.3) is 0 Å². The molecule has 0 unspecified atom stereocenters. The molecule has 0 spiro atoms. The lowest BCUT2D eigenvalue weighted by atomic mass is 10.0. The van der Waals surface area contributed by atoms with E-state index < -0.39 is 5.82 Å². The van der Waals surface area contributed by atoms with Crippen LogP contribution in [0.1, 0.15) is 15.9 Å². The van der Waals surface area contributed by atoms with Crippen LogP contribution < -0.4 is 5.73 Å². The summed E-state index contributed by atoms with van der Waals surface area (Å²) in [6.07, 6.45) is 0.0145. The SMILES string of the molecule is Nc1ccc(F)c(C(=O)Cc2ccc(F)cc2)c1. The highest BCUT2D eigenvalue weighted by Gasteiger charge is 2.12. The number of nitrogen functional groups attached to an aromatic ring is 1. The number of carbonyl (C=O) groups is 1. The second kappa shape index (κ2) is 4.96. The molecule has 0 aliphatic carbocycles. The first-order valence-electron chi connectivity index (χ1n) is 5.39. The summed E-state index contributed by atoms with van der Waals surface area (Å²) in [4.78, 5) is 11.9. The number of hydrogen-bond donors (Lipinski definition) is 1. The van der Waals surface area contributed by atoms with Crippen molar-refractivity contribution in [3.05, 3.63) is 65.2 Å². The number of hydrogen-bond acceptors (Lipinski definition) is 2. The van der Waals surface area contributed by atoms with Gasteiger partial charge in [0.1, 0.15) is 11.6 Å². The van der Waals surface area contributed by atoms with Crippen molar-refractivity contribution in [3.8, 4) is 0 Å². The maximum atomic E-state index is 13.5. The van der Waals surface area contributed by atoms with Gasteiger partial charge in [0.05, 0.1) is 5.56 Å². The Kier molecular flexibility index (Phi) is 3.37. The minimum absolute atomic E-state index is 0.0145. The number of carbonyl (C=O) groups excluding carboxylic acids is 1. The number of rotatable bonds is 3. The summed E-state index contributed by atoms with van der Waals surface area (Å²) in [6.45, 7) is 0. The standard InChI is InChI=1S/C14H11F2NO/c15-10-3-1-9(2-4-10)7-14(18)12-8-11(17)5-6-13(12)16/h1-6,8H,7,17H2. The third-order valence-corrected chi connectivity index (χ3v) is 2.57. The quantitative estimate of drug-likeness (QED) is 0.669. The Bertz CT molecular complexity index is 579. The molecule has 0 radical (unpaired) electrons. The molecule has 0 aromatic heterocycles. The fraction of sp³-hybridized carbons (Fsp3) is 0.0714. The topological polar surface area (TPSA) is 43.1 Å². The van der Waals surface area contributed by atoms with Gasteiger partial charge < -0.3 is 5.73 Å². The summed E-state index contributed by atoms with van der Waals surface area (Å²) in [5, 5.41) is 0. The fourth-order valence-corrected chi connectivity index (χ4v) is 1.64. The van der Waals surface area contributed by atoms with Gasteiger partial charge in [0, 0.05) is 12.1 Å². The van der Waals surface area contributed by atoms with Crippen LogP contribution in [-0.2, 0) is 6.42 Å². The van der Waals surface area contributed by atoms with Crippen molar-refractivity contribution in [1.82, 2.24) is 0 Å². The predicted molar refractivity (Wildman–Crippen MR) is 65.2 cm³/mol. The summed E-state index contributed by atoms with van der Waals surface area (Å²) in [7, 11) is 0. The smallest absolute Gasteiger partial charge is 0.170 e. The average Bonchev–Trinajstić information content (AvgIpc) is 2.35. The lowest BCUT2D eigenvalue weighted by molar-refractivity contribution is 0.0989. The molecule has 2 rings (SSSR count). The van der Waals surface area contributed by atoms with Gasteiger partial charge in [0.25, 0.3) is 0 Å². The first-order valence-corrected chi connectivity index (χ1v) is 5.39. The largest absolute Gasteiger partial charge is 0.399 e. The zero-order valence-corrected chi connectivity index (χ0v) is 9.49. The van der Waals surface area contributed by atoms with E-state index in [4.69, 9.17) is 5.73 Å². The highest BCUT2D eigenvalue weighted by Crippen LogP contribution is 2.15. The van der Waals surface area contributed by atoms with Crippen LogP contribution >= 0.6 is 0 Å². The van der Waals surface area contributed by atoms with Gasteiger partial charge in [0.2, 0.25) is 0 Å². The second-order valence-corrected chi connectivity index (χ2v) is 3.97. The zero-order valence-electron chi connectivity index (χ0n) is 9.49. The summed E-state index contributed by atoms with van der Waals surface area (Å²) in [6, 6.07) is 9.38. The molecule has 18 heavy (non-hydrogen) atoms. The molecule has 0 heterocycles. The maximum Gasteiger partial charge on any atom is 0.170 e. The van der Waals surface area contributed by atoms with Gasteiger partial charge in [-0.3, -0.25) is 4.79 Å². The Morgan fingerprint density at radius 3 is 2.39 bits per heavy atom. The van der Waals surface area contributed by atoms with Crippen molar-refractivity contribution < 1.29 is 13.6 Å². The van der Waals surface area contributed by atoms with E-state index in [0.717, 1.165) is 6.07 Å². The zero-order chi connectivity index (χ0) is 13.1. The first-order chi connectivity index (χ1) is 8.56. The predicted octanol–water partition coefficient (Wildman–Crippen LogP) is 2.97. The van der Waals surface area contributed by atoms with Crippen LogP contribution in [0.2, 0.25) is 0 Å². The van der Waals surface area contributed by atoms with Crippen molar-refractivity contribution in [2.75, 3.05) is 5.73 Å². The third-order valence-electron chi connectivity index (χ3n) is 2.57. The molecule has 0 saturated heterocycles. The van der Waals surface area contributed by atoms with E-state index in [1.807, 2.05) is 0 Å². The molecule has 0 bridgehead atoms. The summed E-state index contributed by atoms with van der Waals surface area (Å²) in [5.41, 5.74) is 6.43. The number of benzene rings is 2. The van der Waals surface area contributed by atoms with Gasteiger partial charge in [-0.15, -0.1) is 0 Å². The summed E-state index contributed by atoms with van der Waals surface area (Å²) < 4.78 is 26.2. The van der Waals surface area contributed by atoms with Crippen LogP contribution in [0.4, 0.5) is 14.5 Å². The fourth-order valence-electron chi connectivity index (χ4n) is 1.64. The monoisotopic (exact) mass is 247 g/mol. The Hall–Kier alpha value is -2.23. The molecule has 0 amide bonds. The van der Waals surface area contributed by atoms with Crippen molar-refractivity contribution in [2.24, 2.45) is 0 Å². The number of nitrogens with two attached hydrogens (primary N) is 1. The molecule has 0 aliphatic heterocycles. The molecule has 2 nitrogen and oxygen atoms in total. The maximum absolute atomic E-state index is 13.5. The third kappa shape index (κ3) is 2.71. The minimum Gasteiger partial charge on any atom is -0.399 e. The molecule has 0 fully saturated rings. The average molecular weight is 247 g/mol. The highest BCUT2D eigenvalue weighted by atomic mass is 19.1. The van der Waals surface area contributed by atoms with E-state index in [1.54, 1.807) is 0 Å². The lowest BCUT2D eigenvalue weighted by Crippen LogP contribution is -2.07.